The number of carbonyl (C=O) groups is 1. The molecule has 1 aliphatic carbocycles. The smallest absolute Gasteiger partial charge is 0.224 e. The van der Waals surface area contributed by atoms with Gasteiger partial charge in [0, 0.05) is 42.7 Å². The third-order valence-corrected chi connectivity index (χ3v) is 5.63. The van der Waals surface area contributed by atoms with Gasteiger partial charge in [0.2, 0.25) is 5.91 Å². The van der Waals surface area contributed by atoms with Crippen LogP contribution in [-0.4, -0.2) is 51.6 Å². The van der Waals surface area contributed by atoms with Gasteiger partial charge in [0.15, 0.2) is 11.5 Å². The molecule has 0 radical (unpaired) electrons. The molecule has 0 bridgehead atoms. The van der Waals surface area contributed by atoms with Crippen molar-refractivity contribution in [3.05, 3.63) is 22.7 Å². The summed E-state index contributed by atoms with van der Waals surface area (Å²) < 4.78 is 22.1. The van der Waals surface area contributed by atoms with Gasteiger partial charge in [-0.25, -0.2) is 0 Å². The molecule has 7 heteroatoms. The maximum absolute atomic E-state index is 12.6. The van der Waals surface area contributed by atoms with E-state index in [0.717, 1.165) is 18.6 Å². The number of halogens is 1. The molecule has 6 nitrogen and oxygen atoms in total. The van der Waals surface area contributed by atoms with E-state index in [1.165, 1.54) is 0 Å². The van der Waals surface area contributed by atoms with Gasteiger partial charge in [0.1, 0.15) is 13.2 Å². The molecule has 25 heavy (non-hydrogen) atoms. The first kappa shape index (κ1) is 16.9. The van der Waals surface area contributed by atoms with Crippen LogP contribution in [0.15, 0.2) is 12.1 Å². The summed E-state index contributed by atoms with van der Waals surface area (Å²) >= 11 is 6.30. The molecule has 136 valence electrons. The number of hydrogen-bond acceptors (Lipinski definition) is 5. The molecule has 0 aromatic heterocycles. The average molecular weight is 368 g/mol. The molecule has 1 aromatic rings. The summed E-state index contributed by atoms with van der Waals surface area (Å²) in [6.45, 7) is 2.37. The minimum absolute atomic E-state index is 0.0463. The Morgan fingerprint density at radius 1 is 1.28 bits per heavy atom. The van der Waals surface area contributed by atoms with Gasteiger partial charge < -0.3 is 24.3 Å². The van der Waals surface area contributed by atoms with Crippen LogP contribution in [0.2, 0.25) is 5.02 Å². The number of methoxy groups -OCH3 is 1. The predicted molar refractivity (Wildman–Crippen MR) is 91.3 cm³/mol. The monoisotopic (exact) mass is 367 g/mol. The minimum Gasteiger partial charge on any atom is -0.486 e. The topological polar surface area (TPSA) is 66.0 Å². The SMILES string of the molecule is COC[C@@H]1[C@@H](NC(=O)Cc2cc3c(cc2Cl)OCCO3)[C@@H]2CCO[C@H]12. The fourth-order valence-electron chi connectivity index (χ4n) is 4.09. The molecular weight excluding hydrogens is 346 g/mol. The average Bonchev–Trinajstić information content (AvgIpc) is 3.03. The lowest BCUT2D eigenvalue weighted by Crippen LogP contribution is -2.62. The van der Waals surface area contributed by atoms with Gasteiger partial charge in [-0.15, -0.1) is 0 Å². The van der Waals surface area contributed by atoms with E-state index < -0.39 is 0 Å². The molecule has 0 unspecified atom stereocenters. The van der Waals surface area contributed by atoms with Gasteiger partial charge in [0.25, 0.3) is 0 Å². The Bertz CT molecular complexity index is 667. The molecule has 1 N–H and O–H groups in total. The first-order valence-electron chi connectivity index (χ1n) is 8.65. The summed E-state index contributed by atoms with van der Waals surface area (Å²) in [6, 6.07) is 3.62. The Hall–Kier alpha value is -1.50. The van der Waals surface area contributed by atoms with Crippen molar-refractivity contribution in [1.29, 1.82) is 0 Å². The normalized spacial score (nSPS) is 29.7. The lowest BCUT2D eigenvalue weighted by Gasteiger charge is -2.47. The number of amides is 1. The Morgan fingerprint density at radius 2 is 2.04 bits per heavy atom. The quantitative estimate of drug-likeness (QED) is 0.860. The lowest BCUT2D eigenvalue weighted by molar-refractivity contribution is -0.129. The zero-order chi connectivity index (χ0) is 17.4. The zero-order valence-corrected chi connectivity index (χ0v) is 14.9. The van der Waals surface area contributed by atoms with Gasteiger partial charge in [-0.1, -0.05) is 11.6 Å². The Labute approximate surface area is 151 Å². The molecule has 4 atom stereocenters. The van der Waals surface area contributed by atoms with Crippen molar-refractivity contribution in [3.63, 3.8) is 0 Å². The molecule has 2 fully saturated rings. The van der Waals surface area contributed by atoms with Crippen LogP contribution in [0, 0.1) is 11.8 Å². The summed E-state index contributed by atoms with van der Waals surface area (Å²) in [5, 5.41) is 3.67. The van der Waals surface area contributed by atoms with E-state index in [2.05, 4.69) is 5.32 Å². The van der Waals surface area contributed by atoms with Crippen LogP contribution >= 0.6 is 11.6 Å². The summed E-state index contributed by atoms with van der Waals surface area (Å²) in [4.78, 5) is 12.6. The van der Waals surface area contributed by atoms with E-state index in [-0.39, 0.29) is 30.4 Å². The first-order chi connectivity index (χ1) is 12.2. The van der Waals surface area contributed by atoms with Crippen LogP contribution < -0.4 is 14.8 Å². The predicted octanol–water partition coefficient (Wildman–Crippen LogP) is 1.82. The number of rotatable bonds is 5. The van der Waals surface area contributed by atoms with Crippen molar-refractivity contribution in [3.8, 4) is 11.5 Å². The summed E-state index contributed by atoms with van der Waals surface area (Å²) in [7, 11) is 1.68. The molecule has 1 aromatic carbocycles. The van der Waals surface area contributed by atoms with Gasteiger partial charge in [-0.2, -0.15) is 0 Å². The summed E-state index contributed by atoms with van der Waals surface area (Å²) in [5.41, 5.74) is 0.741. The van der Waals surface area contributed by atoms with E-state index in [4.69, 9.17) is 30.5 Å². The van der Waals surface area contributed by atoms with Crippen molar-refractivity contribution < 1.29 is 23.7 Å². The van der Waals surface area contributed by atoms with Crippen LogP contribution in [0.3, 0.4) is 0 Å². The summed E-state index contributed by atoms with van der Waals surface area (Å²) in [6.07, 6.45) is 1.41. The van der Waals surface area contributed by atoms with Crippen LogP contribution in [0.25, 0.3) is 0 Å². The van der Waals surface area contributed by atoms with Gasteiger partial charge in [-0.3, -0.25) is 4.79 Å². The van der Waals surface area contributed by atoms with E-state index in [1.807, 2.05) is 0 Å². The molecule has 4 rings (SSSR count). The number of benzene rings is 1. The third kappa shape index (κ3) is 3.18. The number of carbonyl (C=O) groups excluding carboxylic acids is 1. The molecule has 3 aliphatic rings. The second-order valence-corrected chi connectivity index (χ2v) is 7.17. The highest BCUT2D eigenvalue weighted by atomic mass is 35.5. The number of hydrogen-bond donors (Lipinski definition) is 1. The van der Waals surface area contributed by atoms with E-state index in [0.29, 0.717) is 42.3 Å². The Balaban J connectivity index is 1.42. The highest BCUT2D eigenvalue weighted by molar-refractivity contribution is 6.31. The van der Waals surface area contributed by atoms with Crippen molar-refractivity contribution in [1.82, 2.24) is 5.32 Å². The molecule has 2 heterocycles. The van der Waals surface area contributed by atoms with Crippen molar-refractivity contribution in [2.75, 3.05) is 33.5 Å². The largest absolute Gasteiger partial charge is 0.486 e. The van der Waals surface area contributed by atoms with Crippen molar-refractivity contribution in [2.45, 2.75) is 25.0 Å². The van der Waals surface area contributed by atoms with Crippen molar-refractivity contribution >= 4 is 17.5 Å². The maximum Gasteiger partial charge on any atom is 0.224 e. The highest BCUT2D eigenvalue weighted by Gasteiger charge is 2.54. The zero-order valence-electron chi connectivity index (χ0n) is 14.1. The Kier molecular flexibility index (Phi) is 4.75. The van der Waals surface area contributed by atoms with Crippen LogP contribution in [-0.2, 0) is 20.7 Å². The van der Waals surface area contributed by atoms with Crippen LogP contribution in [0.5, 0.6) is 11.5 Å². The third-order valence-electron chi connectivity index (χ3n) is 5.28. The fourth-order valence-corrected chi connectivity index (χ4v) is 4.31. The van der Waals surface area contributed by atoms with E-state index in [1.54, 1.807) is 19.2 Å². The Morgan fingerprint density at radius 3 is 2.80 bits per heavy atom. The van der Waals surface area contributed by atoms with E-state index >= 15 is 0 Å². The van der Waals surface area contributed by atoms with Crippen molar-refractivity contribution in [2.24, 2.45) is 11.8 Å². The summed E-state index contributed by atoms with van der Waals surface area (Å²) in [5.74, 6) is 1.83. The van der Waals surface area contributed by atoms with Gasteiger partial charge >= 0.3 is 0 Å². The standard InChI is InChI=1S/C18H22ClNO5/c1-22-9-12-17(11-2-3-25-18(11)12)20-16(21)7-10-6-14-15(8-13(10)19)24-5-4-23-14/h6,8,11-12,17-18H,2-5,7,9H2,1H3,(H,20,21)/t11-,12+,17-,18-/m0/s1. The minimum atomic E-state index is -0.0463. The first-order valence-corrected chi connectivity index (χ1v) is 9.03. The maximum atomic E-state index is 12.6. The molecule has 1 saturated carbocycles. The number of nitrogens with one attached hydrogen (secondary N) is 1. The van der Waals surface area contributed by atoms with Crippen LogP contribution in [0.1, 0.15) is 12.0 Å². The second kappa shape index (κ2) is 7.02. The second-order valence-electron chi connectivity index (χ2n) is 6.76. The molecule has 0 spiro atoms. The van der Waals surface area contributed by atoms with Gasteiger partial charge in [-0.05, 0) is 18.1 Å². The molecular formula is C18H22ClNO5. The highest BCUT2D eigenvalue weighted by Crippen LogP contribution is 2.44. The lowest BCUT2D eigenvalue weighted by atomic mass is 9.67. The molecule has 2 aliphatic heterocycles. The van der Waals surface area contributed by atoms with E-state index in [9.17, 15) is 4.79 Å². The fraction of sp³-hybridized carbons (Fsp3) is 0.611. The molecule has 1 amide bonds. The van der Waals surface area contributed by atoms with Crippen LogP contribution in [0.4, 0.5) is 0 Å². The molecule has 1 saturated heterocycles. The number of fused-ring (bicyclic) bond motifs is 2. The van der Waals surface area contributed by atoms with Gasteiger partial charge in [0.05, 0.1) is 19.1 Å². The number of ether oxygens (including phenoxy) is 4.